The van der Waals surface area contributed by atoms with Crippen molar-refractivity contribution in [1.82, 2.24) is 15.1 Å². The highest BCUT2D eigenvalue weighted by atomic mass is 19.4. The van der Waals surface area contributed by atoms with Gasteiger partial charge in [-0.25, -0.2) is 8.78 Å². The lowest BCUT2D eigenvalue weighted by atomic mass is 9.97. The summed E-state index contributed by atoms with van der Waals surface area (Å²) in [6, 6.07) is -2.32. The third kappa shape index (κ3) is 5.89. The van der Waals surface area contributed by atoms with Crippen molar-refractivity contribution in [2.24, 2.45) is 5.92 Å². The minimum atomic E-state index is -5.39. The van der Waals surface area contributed by atoms with Gasteiger partial charge in [-0.2, -0.15) is 18.4 Å². The molecule has 3 rings (SSSR count). The minimum absolute atomic E-state index is 0.0674. The Morgan fingerprint density at radius 2 is 2.00 bits per heavy atom. The average molecular weight is 563 g/mol. The Kier molecular flexibility index (Phi) is 6.92. The molecule has 212 valence electrons. The summed E-state index contributed by atoms with van der Waals surface area (Å²) in [5.41, 5.74) is -2.51. The van der Waals surface area contributed by atoms with Crippen molar-refractivity contribution in [3.63, 3.8) is 0 Å². The van der Waals surface area contributed by atoms with Crippen molar-refractivity contribution in [3.05, 3.63) is 23.8 Å². The molecule has 0 unspecified atom stereocenters. The number of hydrogen-bond acceptors (Lipinski definition) is 6. The number of rotatable bonds is 6. The molecule has 2 N–H and O–H groups in total. The van der Waals surface area contributed by atoms with Crippen LogP contribution >= 0.6 is 0 Å². The van der Waals surface area contributed by atoms with Gasteiger partial charge >= 0.3 is 12.1 Å². The van der Waals surface area contributed by atoms with Crippen LogP contribution in [-0.2, 0) is 19.2 Å². The first-order valence-electron chi connectivity index (χ1n) is 13.1. The molecule has 0 aliphatic carbocycles. The number of hydrogen-bond donors (Lipinski definition) is 2. The van der Waals surface area contributed by atoms with Crippen LogP contribution in [0.2, 0.25) is 0 Å². The van der Waals surface area contributed by atoms with Crippen molar-refractivity contribution in [2.45, 2.75) is 63.5 Å². The molecule has 4 amide bonds. The Balaban J connectivity index is 2.00. The van der Waals surface area contributed by atoms with Gasteiger partial charge in [0.1, 0.15) is 29.6 Å². The maximum atomic E-state index is 14.2. The highest BCUT2D eigenvalue weighted by Crippen LogP contribution is 2.42. The van der Waals surface area contributed by atoms with Crippen LogP contribution in [0, 0.1) is 28.9 Å². The molecule has 1 aromatic rings. The maximum absolute atomic E-state index is 14.2. The molecule has 15 heteroatoms. The number of fused-ring (bicyclic) bond motifs is 1. The van der Waals surface area contributed by atoms with Crippen LogP contribution in [0.15, 0.2) is 12.1 Å². The summed E-state index contributed by atoms with van der Waals surface area (Å²) in [7, 11) is 0. The Morgan fingerprint density at radius 3 is 2.56 bits per heavy atom. The molecule has 2 heterocycles. The van der Waals surface area contributed by atoms with Gasteiger partial charge in [0.15, 0.2) is 11.6 Å². The van der Waals surface area contributed by atoms with Gasteiger partial charge in [0.2, 0.25) is 17.4 Å². The summed E-state index contributed by atoms with van der Waals surface area (Å²) in [6.07, 6.45) is -6.24. The number of likely N-dealkylation sites (tertiary alicyclic amines) is 1. The smallest absolute Gasteiger partial charge is 0.471 e. The number of nitriles is 1. The first kappa shape index (κ1) is 25.3. The Labute approximate surface area is 224 Å². The van der Waals surface area contributed by atoms with Crippen LogP contribution in [-0.4, -0.2) is 76.9 Å². The highest BCUT2D eigenvalue weighted by molar-refractivity contribution is 6.02. The number of halogens is 5. The summed E-state index contributed by atoms with van der Waals surface area (Å²) >= 11 is 0. The fourth-order valence-electron chi connectivity index (χ4n) is 4.35. The fourth-order valence-corrected chi connectivity index (χ4v) is 4.35. The number of amides is 4. The van der Waals surface area contributed by atoms with Gasteiger partial charge in [-0.05, 0) is 19.3 Å². The first-order chi connectivity index (χ1) is 19.2. The van der Waals surface area contributed by atoms with E-state index in [9.17, 15) is 46.4 Å². The predicted octanol–water partition coefficient (Wildman–Crippen LogP) is 2.10. The van der Waals surface area contributed by atoms with E-state index in [1.807, 2.05) is 0 Å². The molecule has 0 aromatic heterocycles. The largest absolute Gasteiger partial charge is 0.473 e. The SMILES string of the molecule is [2H]C([2H])([2H])N(C(=O)[C@H](C)NC(=O)C(F)(F)F)[C@@H](CC(C)C)C(=O)N1C[C@@]2(C[C@H]1C#N)Oc1cc(F)cc(F)c1NC2=O. The molecular formula is C24H26F5N5O5. The molecule has 0 bridgehead atoms. The molecule has 1 aromatic carbocycles. The first-order valence-corrected chi connectivity index (χ1v) is 11.6. The van der Waals surface area contributed by atoms with Crippen LogP contribution in [0.1, 0.15) is 37.7 Å². The fraction of sp³-hybridized carbons (Fsp3) is 0.542. The topological polar surface area (TPSA) is 132 Å². The number of likely N-dealkylation sites (N-methyl/N-ethyl adjacent to an activating group) is 1. The second-order valence-corrected chi connectivity index (χ2v) is 9.67. The molecule has 1 saturated heterocycles. The quantitative estimate of drug-likeness (QED) is 0.511. The lowest BCUT2D eigenvalue weighted by Crippen LogP contribution is -2.57. The van der Waals surface area contributed by atoms with E-state index in [4.69, 9.17) is 8.85 Å². The molecule has 0 radical (unpaired) electrons. The standard InChI is InChI=1S/C24H26F5N5O5/c1-11(2)5-16(33(4)19(35)12(3)31-22(38)24(27,28)29)20(36)34-10-23(8-14(34)9-30)21(37)32-18-15(26)6-13(25)7-17(18)39-23/h6-7,11-12,14,16H,5,8,10H2,1-4H3,(H,31,38)(H,32,37)/t12-,14-,16-,23+/m0/s1/i4D3. The molecule has 4 atom stereocenters. The summed E-state index contributed by atoms with van der Waals surface area (Å²) in [6.45, 7) is -0.188. The monoisotopic (exact) mass is 562 g/mol. The van der Waals surface area contributed by atoms with Gasteiger partial charge in [-0.15, -0.1) is 0 Å². The number of nitrogens with zero attached hydrogens (tertiary/aromatic N) is 3. The van der Waals surface area contributed by atoms with Gasteiger partial charge < -0.3 is 25.2 Å². The van der Waals surface area contributed by atoms with Crippen LogP contribution in [0.5, 0.6) is 5.75 Å². The van der Waals surface area contributed by atoms with Crippen molar-refractivity contribution >= 4 is 29.3 Å². The third-order valence-electron chi connectivity index (χ3n) is 6.24. The van der Waals surface area contributed by atoms with E-state index in [-0.39, 0.29) is 11.3 Å². The van der Waals surface area contributed by atoms with Gasteiger partial charge in [-0.1, -0.05) is 13.8 Å². The van der Waals surface area contributed by atoms with Gasteiger partial charge in [0.05, 0.1) is 12.6 Å². The van der Waals surface area contributed by atoms with Gasteiger partial charge in [0.25, 0.3) is 5.91 Å². The van der Waals surface area contributed by atoms with Crippen molar-refractivity contribution in [3.8, 4) is 11.8 Å². The lowest BCUT2D eigenvalue weighted by molar-refractivity contribution is -0.175. The molecule has 10 nitrogen and oxygen atoms in total. The zero-order valence-corrected chi connectivity index (χ0v) is 20.9. The summed E-state index contributed by atoms with van der Waals surface area (Å²) in [4.78, 5) is 52.4. The second-order valence-electron chi connectivity index (χ2n) is 9.67. The Morgan fingerprint density at radius 1 is 1.33 bits per heavy atom. The number of anilines is 1. The summed E-state index contributed by atoms with van der Waals surface area (Å²) in [5, 5.41) is 13.4. The Bertz CT molecular complexity index is 1340. The van der Waals surface area contributed by atoms with Gasteiger partial charge in [-0.3, -0.25) is 19.2 Å². The van der Waals surface area contributed by atoms with E-state index in [0.29, 0.717) is 6.07 Å². The summed E-state index contributed by atoms with van der Waals surface area (Å²) < 4.78 is 95.7. The number of benzene rings is 1. The van der Waals surface area contributed by atoms with Crippen LogP contribution in [0.4, 0.5) is 27.6 Å². The number of nitrogens with one attached hydrogen (secondary N) is 2. The van der Waals surface area contributed by atoms with E-state index >= 15 is 0 Å². The lowest BCUT2D eigenvalue weighted by Gasteiger charge is -2.36. The zero-order chi connectivity index (χ0) is 31.9. The van der Waals surface area contributed by atoms with E-state index in [1.54, 1.807) is 19.9 Å². The molecule has 1 spiro atoms. The minimum Gasteiger partial charge on any atom is -0.473 e. The maximum Gasteiger partial charge on any atom is 0.471 e. The molecule has 2 aliphatic rings. The summed E-state index contributed by atoms with van der Waals surface area (Å²) in [5.74, 6) is -9.29. The molecule has 0 saturated carbocycles. The van der Waals surface area contributed by atoms with Gasteiger partial charge in [0, 0.05) is 29.6 Å². The van der Waals surface area contributed by atoms with E-state index in [2.05, 4.69) is 5.32 Å². The number of carbonyl (C=O) groups excluding carboxylic acids is 4. The molecule has 39 heavy (non-hydrogen) atoms. The third-order valence-corrected chi connectivity index (χ3v) is 6.24. The highest BCUT2D eigenvalue weighted by Gasteiger charge is 2.56. The second kappa shape index (κ2) is 10.7. The van der Waals surface area contributed by atoms with Crippen molar-refractivity contribution in [2.75, 3.05) is 18.8 Å². The van der Waals surface area contributed by atoms with E-state index in [0.717, 1.165) is 17.9 Å². The van der Waals surface area contributed by atoms with E-state index in [1.165, 1.54) is 5.32 Å². The number of carbonyl (C=O) groups is 4. The van der Waals surface area contributed by atoms with Crippen molar-refractivity contribution < 1.29 is 50.0 Å². The van der Waals surface area contributed by atoms with Crippen molar-refractivity contribution in [1.29, 1.82) is 5.26 Å². The Hall–Kier alpha value is -3.96. The number of alkyl halides is 3. The normalized spacial score (nSPS) is 23.4. The van der Waals surface area contributed by atoms with Crippen LogP contribution in [0.25, 0.3) is 0 Å². The molecule has 1 fully saturated rings. The van der Waals surface area contributed by atoms with Crippen LogP contribution in [0.3, 0.4) is 0 Å². The molecule has 2 aliphatic heterocycles. The average Bonchev–Trinajstić information content (AvgIpc) is 3.22. The van der Waals surface area contributed by atoms with E-state index < -0.39 is 102 Å². The molecular weight excluding hydrogens is 533 g/mol. The zero-order valence-electron chi connectivity index (χ0n) is 23.9. The van der Waals surface area contributed by atoms with Crippen LogP contribution < -0.4 is 15.4 Å². The predicted molar refractivity (Wildman–Crippen MR) is 124 cm³/mol. The number of ether oxygens (including phenoxy) is 1.